The van der Waals surface area contributed by atoms with E-state index in [9.17, 15) is 4.79 Å². The lowest BCUT2D eigenvalue weighted by molar-refractivity contribution is -0.144. The molecule has 7 heteroatoms. The maximum atomic E-state index is 15.1. The average Bonchev–Trinajstić information content (AvgIpc) is 2.77. The first-order valence-corrected chi connectivity index (χ1v) is 11.7. The summed E-state index contributed by atoms with van der Waals surface area (Å²) in [6, 6.07) is 8.07. The maximum Gasteiger partial charge on any atom is 0.306 e. The van der Waals surface area contributed by atoms with Crippen molar-refractivity contribution < 1.29 is 27.8 Å². The van der Waals surface area contributed by atoms with Crippen molar-refractivity contribution in [2.45, 2.75) is 51.6 Å². The summed E-state index contributed by atoms with van der Waals surface area (Å²) in [5.41, 5.74) is 1.11. The van der Waals surface area contributed by atoms with Gasteiger partial charge in [0, 0.05) is 19.5 Å². The van der Waals surface area contributed by atoms with Gasteiger partial charge in [0.25, 0.3) is 0 Å². The number of halogens is 2. The Morgan fingerprint density at radius 3 is 2.27 bits per heavy atom. The predicted octanol–water partition coefficient (Wildman–Crippen LogP) is 5.74. The monoisotopic (exact) mass is 459 g/mol. The van der Waals surface area contributed by atoms with Gasteiger partial charge in [0.05, 0.1) is 19.8 Å². The highest BCUT2D eigenvalue weighted by atomic mass is 19.1. The fourth-order valence-electron chi connectivity index (χ4n) is 4.47. The summed E-state index contributed by atoms with van der Waals surface area (Å²) in [4.78, 5) is 13.4. The van der Waals surface area contributed by atoms with Crippen molar-refractivity contribution in [2.75, 3.05) is 31.7 Å². The lowest BCUT2D eigenvalue weighted by Gasteiger charge is -2.33. The second kappa shape index (κ2) is 10.4. The molecule has 2 aliphatic rings. The SMILES string of the molecule is CCOC(=O)CC1CCN(c2c(F)cc(-c3ccc(OC)c(OC4CCC4)c3)cc2F)CC1. The summed E-state index contributed by atoms with van der Waals surface area (Å²) >= 11 is 0. The highest BCUT2D eigenvalue weighted by molar-refractivity contribution is 5.71. The lowest BCUT2D eigenvalue weighted by Crippen LogP contribution is -2.35. The predicted molar refractivity (Wildman–Crippen MR) is 123 cm³/mol. The standard InChI is InChI=1S/C26H31F2NO4/c1-3-32-25(30)13-17-9-11-29(12-10-17)26-21(27)14-19(15-22(26)28)18-7-8-23(31-2)24(16-18)33-20-5-4-6-20/h7-8,14-17,20H,3-6,9-13H2,1-2H3. The van der Waals surface area contributed by atoms with Gasteiger partial charge in [-0.15, -0.1) is 0 Å². The van der Waals surface area contributed by atoms with Gasteiger partial charge in [0.1, 0.15) is 17.3 Å². The number of ether oxygens (including phenoxy) is 3. The molecule has 0 N–H and O–H groups in total. The summed E-state index contributed by atoms with van der Waals surface area (Å²) in [6.45, 7) is 3.14. The van der Waals surface area contributed by atoms with Gasteiger partial charge in [-0.2, -0.15) is 0 Å². The molecule has 0 aromatic heterocycles. The topological polar surface area (TPSA) is 48.0 Å². The normalized spacial score (nSPS) is 16.9. The van der Waals surface area contributed by atoms with Gasteiger partial charge in [-0.3, -0.25) is 4.79 Å². The fraction of sp³-hybridized carbons (Fsp3) is 0.500. The minimum Gasteiger partial charge on any atom is -0.493 e. The Kier molecular flexibility index (Phi) is 7.36. The van der Waals surface area contributed by atoms with E-state index in [-0.39, 0.29) is 23.7 Å². The van der Waals surface area contributed by atoms with Gasteiger partial charge in [0.2, 0.25) is 0 Å². The largest absolute Gasteiger partial charge is 0.493 e. The number of anilines is 1. The molecular weight excluding hydrogens is 428 g/mol. The van der Waals surface area contributed by atoms with Crippen LogP contribution in [0.3, 0.4) is 0 Å². The molecule has 2 aromatic rings. The van der Waals surface area contributed by atoms with E-state index in [1.165, 1.54) is 12.1 Å². The first kappa shape index (κ1) is 23.3. The van der Waals surface area contributed by atoms with Crippen molar-refractivity contribution in [1.82, 2.24) is 0 Å². The van der Waals surface area contributed by atoms with Crippen molar-refractivity contribution in [3.8, 4) is 22.6 Å². The minimum absolute atomic E-state index is 0.00668. The number of methoxy groups -OCH3 is 1. The van der Waals surface area contributed by atoms with Crippen molar-refractivity contribution in [1.29, 1.82) is 0 Å². The van der Waals surface area contributed by atoms with Crippen molar-refractivity contribution >= 4 is 11.7 Å². The molecule has 178 valence electrons. The second-order valence-electron chi connectivity index (χ2n) is 8.76. The molecule has 2 fully saturated rings. The zero-order chi connectivity index (χ0) is 23.4. The Morgan fingerprint density at radius 1 is 1.00 bits per heavy atom. The zero-order valence-corrected chi connectivity index (χ0v) is 19.2. The zero-order valence-electron chi connectivity index (χ0n) is 19.2. The number of piperidine rings is 1. The molecule has 0 unspecified atom stereocenters. The minimum atomic E-state index is -0.592. The Hall–Kier alpha value is -2.83. The first-order chi connectivity index (χ1) is 16.0. The smallest absolute Gasteiger partial charge is 0.306 e. The first-order valence-electron chi connectivity index (χ1n) is 11.7. The van der Waals surface area contributed by atoms with E-state index < -0.39 is 11.6 Å². The number of nitrogens with zero attached hydrogens (tertiary/aromatic N) is 1. The van der Waals surface area contributed by atoms with E-state index in [4.69, 9.17) is 14.2 Å². The van der Waals surface area contributed by atoms with Crippen LogP contribution in [-0.4, -0.2) is 38.9 Å². The van der Waals surface area contributed by atoms with Crippen LogP contribution in [0.25, 0.3) is 11.1 Å². The number of carbonyl (C=O) groups is 1. The highest BCUT2D eigenvalue weighted by Crippen LogP contribution is 2.38. The third-order valence-corrected chi connectivity index (χ3v) is 6.55. The molecule has 0 spiro atoms. The van der Waals surface area contributed by atoms with E-state index in [1.54, 1.807) is 37.1 Å². The van der Waals surface area contributed by atoms with Crippen LogP contribution in [0, 0.1) is 17.6 Å². The third-order valence-electron chi connectivity index (χ3n) is 6.55. The Bertz CT molecular complexity index is 961. The van der Waals surface area contributed by atoms with Gasteiger partial charge >= 0.3 is 5.97 Å². The number of hydrogen-bond donors (Lipinski definition) is 0. The summed E-state index contributed by atoms with van der Waals surface area (Å²) in [5, 5.41) is 0. The van der Waals surface area contributed by atoms with Crippen LogP contribution in [0.15, 0.2) is 30.3 Å². The van der Waals surface area contributed by atoms with Crippen LogP contribution in [0.2, 0.25) is 0 Å². The van der Waals surface area contributed by atoms with E-state index in [0.29, 0.717) is 61.6 Å². The number of carbonyl (C=O) groups excluding carboxylic acids is 1. The molecule has 1 aliphatic heterocycles. The molecule has 1 saturated carbocycles. The molecule has 2 aromatic carbocycles. The summed E-state index contributed by atoms with van der Waals surface area (Å²) < 4.78 is 46.6. The summed E-state index contributed by atoms with van der Waals surface area (Å²) in [7, 11) is 1.58. The van der Waals surface area contributed by atoms with Crippen molar-refractivity contribution in [2.24, 2.45) is 5.92 Å². The quantitative estimate of drug-likeness (QED) is 0.471. The third kappa shape index (κ3) is 5.40. The van der Waals surface area contributed by atoms with Gasteiger partial charge in [0.15, 0.2) is 11.5 Å². The molecule has 1 aliphatic carbocycles. The number of hydrogen-bond acceptors (Lipinski definition) is 5. The van der Waals surface area contributed by atoms with Crippen LogP contribution in [0.1, 0.15) is 45.4 Å². The van der Waals surface area contributed by atoms with Crippen LogP contribution >= 0.6 is 0 Å². The Labute approximate surface area is 193 Å². The molecular formula is C26H31F2NO4. The Balaban J connectivity index is 1.49. The van der Waals surface area contributed by atoms with Crippen molar-refractivity contribution in [3.05, 3.63) is 42.0 Å². The number of benzene rings is 2. The van der Waals surface area contributed by atoms with Gasteiger partial charge in [-0.05, 0) is 80.3 Å². The van der Waals surface area contributed by atoms with Crippen LogP contribution < -0.4 is 14.4 Å². The van der Waals surface area contributed by atoms with Gasteiger partial charge in [-0.1, -0.05) is 6.07 Å². The average molecular weight is 460 g/mol. The second-order valence-corrected chi connectivity index (χ2v) is 8.76. The molecule has 0 bridgehead atoms. The van der Waals surface area contributed by atoms with Crippen molar-refractivity contribution in [3.63, 3.8) is 0 Å². The highest BCUT2D eigenvalue weighted by Gasteiger charge is 2.26. The summed E-state index contributed by atoms with van der Waals surface area (Å²) in [5.74, 6) is -0.0173. The molecule has 0 radical (unpaired) electrons. The number of rotatable bonds is 8. The molecule has 0 amide bonds. The summed E-state index contributed by atoms with van der Waals surface area (Å²) in [6.07, 6.45) is 5.05. The molecule has 4 rings (SSSR count). The lowest BCUT2D eigenvalue weighted by atomic mass is 9.93. The Morgan fingerprint density at radius 2 is 1.70 bits per heavy atom. The van der Waals surface area contributed by atoms with Gasteiger partial charge < -0.3 is 19.1 Å². The molecule has 33 heavy (non-hydrogen) atoms. The van der Waals surface area contributed by atoms with Gasteiger partial charge in [-0.25, -0.2) is 8.78 Å². The van der Waals surface area contributed by atoms with E-state index in [1.807, 2.05) is 0 Å². The van der Waals surface area contributed by atoms with E-state index >= 15 is 8.78 Å². The molecule has 1 saturated heterocycles. The van der Waals surface area contributed by atoms with Crippen LogP contribution in [-0.2, 0) is 9.53 Å². The number of esters is 1. The maximum absolute atomic E-state index is 15.1. The van der Waals surface area contributed by atoms with E-state index in [0.717, 1.165) is 19.3 Å². The molecule has 0 atom stereocenters. The van der Waals surface area contributed by atoms with Crippen LogP contribution in [0.4, 0.5) is 14.5 Å². The fourth-order valence-corrected chi connectivity index (χ4v) is 4.47. The molecule has 5 nitrogen and oxygen atoms in total. The molecule has 1 heterocycles. The van der Waals surface area contributed by atoms with E-state index in [2.05, 4.69) is 0 Å². The van der Waals surface area contributed by atoms with Crippen LogP contribution in [0.5, 0.6) is 11.5 Å².